The smallest absolute Gasteiger partial charge is 0.416 e. The Hall–Kier alpha value is -4.95. The molecule has 0 aromatic heterocycles. The van der Waals surface area contributed by atoms with Gasteiger partial charge in [0.15, 0.2) is 29.4 Å². The lowest BCUT2D eigenvalue weighted by Gasteiger charge is -2.56. The van der Waals surface area contributed by atoms with E-state index in [2.05, 4.69) is 48.3 Å². The summed E-state index contributed by atoms with van der Waals surface area (Å²) in [7, 11) is -0.834. The molecule has 0 spiro atoms. The minimum Gasteiger partial charge on any atom is -1.00 e. The number of halogens is 8. The van der Waals surface area contributed by atoms with Gasteiger partial charge in [0.05, 0.1) is 32.9 Å². The van der Waals surface area contributed by atoms with E-state index in [-0.39, 0.29) is 40.7 Å². The Morgan fingerprint density at radius 1 is 0.440 bits per heavy atom. The van der Waals surface area contributed by atoms with Crippen LogP contribution in [0, 0.1) is 46.3 Å². The topological polar surface area (TPSA) is 118 Å². The predicted molar refractivity (Wildman–Crippen MR) is 318 cm³/mol. The molecule has 6 aromatic carbocycles. The number of carboxylic acid groups (broad SMARTS) is 2. The summed E-state index contributed by atoms with van der Waals surface area (Å²) >= 11 is 2.15. The van der Waals surface area contributed by atoms with Crippen molar-refractivity contribution in [1.29, 1.82) is 0 Å². The van der Waals surface area contributed by atoms with E-state index in [1.54, 1.807) is 24.3 Å². The van der Waals surface area contributed by atoms with Gasteiger partial charge in [0.2, 0.25) is 0 Å². The van der Waals surface area contributed by atoms with Crippen LogP contribution in [0.5, 0.6) is 0 Å². The standard InChI is InChI=1S/2C19H14F3S.2C11H14O3.C6H15N.CH3I.BrH/c2*20-19(21,22)15-11-13-18(14-12-15)23(16-7-3-1-4-8-16)17-9-5-2-6-10-17;2*12-9-7-1-6-2-8(9)5-11(3-6,4-7)10(13)14;1-4-7(5-2)6-3;1-2;/h2*1-14H;2*6-8H,1-5H2,(H,13,14);4-6H2,1-3H3;1H3;1H/q2*+1;;;;;/p-3. The fraction of sp³-hybridized carbons (Fsp3) is 0.403. The Kier molecular flexibility index (Phi) is 24.8. The van der Waals surface area contributed by atoms with Gasteiger partial charge in [-0.25, -0.2) is 0 Å². The van der Waals surface area contributed by atoms with Gasteiger partial charge in [0.1, 0.15) is 11.6 Å². The molecule has 17 heteroatoms. The number of aliphatic carboxylic acids is 2. The zero-order chi connectivity index (χ0) is 60.1. The lowest BCUT2D eigenvalue weighted by Crippen LogP contribution is -3.00. The van der Waals surface area contributed by atoms with E-state index in [0.717, 1.165) is 92.2 Å². The molecule has 0 aliphatic heterocycles. The van der Waals surface area contributed by atoms with Crippen molar-refractivity contribution in [3.63, 3.8) is 0 Å². The maximum absolute atomic E-state index is 12.8. The van der Waals surface area contributed by atoms with E-state index in [1.807, 2.05) is 126 Å². The third kappa shape index (κ3) is 16.8. The second-order valence-electron chi connectivity index (χ2n) is 22.2. The molecule has 450 valence electrons. The van der Waals surface area contributed by atoms with Crippen molar-refractivity contribution < 1.29 is 72.7 Å². The number of carbonyl (C=O) groups is 4. The quantitative estimate of drug-likeness (QED) is 0.0549. The third-order valence-electron chi connectivity index (χ3n) is 16.9. The largest absolute Gasteiger partial charge is 1.00 e. The third-order valence-corrected chi connectivity index (χ3v) is 21.4. The first-order valence-electron chi connectivity index (χ1n) is 28.3. The van der Waals surface area contributed by atoms with Crippen LogP contribution in [-0.4, -0.2) is 53.0 Å². The van der Waals surface area contributed by atoms with E-state index >= 15 is 0 Å². The van der Waals surface area contributed by atoms with Crippen LogP contribution in [0.2, 0.25) is 0 Å². The normalized spacial score (nSPS) is 23.9. The fourth-order valence-corrected chi connectivity index (χ4v) is 17.4. The van der Waals surface area contributed by atoms with Crippen molar-refractivity contribution in [2.45, 2.75) is 127 Å². The number of ketones is 2. The summed E-state index contributed by atoms with van der Waals surface area (Å²) in [5.74, 6) is -0.0488. The summed E-state index contributed by atoms with van der Waals surface area (Å²) < 4.78 is 76.6. The van der Waals surface area contributed by atoms with Crippen LogP contribution >= 0.6 is 22.6 Å². The number of benzene rings is 6. The van der Waals surface area contributed by atoms with Gasteiger partial charge in [-0.1, -0.05) is 116 Å². The second-order valence-corrected chi connectivity index (χ2v) is 26.2. The Bertz CT molecular complexity index is 2730. The van der Waals surface area contributed by atoms with E-state index < -0.39 is 68.0 Å². The molecule has 8 aliphatic rings. The number of hydrogen-bond acceptors (Lipinski definition) is 7. The van der Waals surface area contributed by atoms with Crippen molar-refractivity contribution in [3.05, 3.63) is 181 Å². The summed E-state index contributed by atoms with van der Waals surface area (Å²) in [5, 5.41) is 22.3. The molecular weight excluding hydrogens is 1300 g/mol. The molecule has 4 unspecified atom stereocenters. The number of carbonyl (C=O) groups excluding carboxylic acids is 4. The molecule has 8 bridgehead atoms. The maximum atomic E-state index is 12.8. The second kappa shape index (κ2) is 30.6. The van der Waals surface area contributed by atoms with Crippen LogP contribution in [0.25, 0.3) is 0 Å². The van der Waals surface area contributed by atoms with Gasteiger partial charge >= 0.3 is 12.4 Å². The van der Waals surface area contributed by atoms with Crippen molar-refractivity contribution in [3.8, 4) is 0 Å². The molecular formula is C67H72BrF6INO6S2-. The number of hydrogen-bond donors (Lipinski definition) is 0. The SMILES string of the molecule is CCN(CC)CC.CI.FC(F)(F)c1ccc([S+](c2ccccc2)c2ccccc2)cc1.FC(F)(F)c1ccc([S+](c2ccccc2)c2ccccc2)cc1.O=C1C2CC3CC1CC(C(=O)[O-])(C3)C2.O=C1C2CC3CC1CC(C(=O)[O-])(C3)C2.[Br-]. The van der Waals surface area contributed by atoms with Gasteiger partial charge in [-0.3, -0.25) is 9.59 Å². The number of alkyl halides is 7. The van der Waals surface area contributed by atoms with Gasteiger partial charge in [-0.2, -0.15) is 26.3 Å². The van der Waals surface area contributed by atoms with Crippen LogP contribution in [-0.2, 0) is 53.3 Å². The molecule has 8 saturated carbocycles. The van der Waals surface area contributed by atoms with Gasteiger partial charge in [0.25, 0.3) is 0 Å². The molecule has 6 aromatic rings. The molecule has 0 N–H and O–H groups in total. The highest BCUT2D eigenvalue weighted by atomic mass is 127. The van der Waals surface area contributed by atoms with Crippen LogP contribution < -0.4 is 27.2 Å². The van der Waals surface area contributed by atoms with Gasteiger partial charge in [0, 0.05) is 46.4 Å². The first-order valence-corrected chi connectivity index (χ1v) is 32.9. The molecule has 0 saturated heterocycles. The summed E-state index contributed by atoms with van der Waals surface area (Å²) in [4.78, 5) is 56.1. The van der Waals surface area contributed by atoms with E-state index in [9.17, 15) is 55.7 Å². The van der Waals surface area contributed by atoms with E-state index in [0.29, 0.717) is 49.1 Å². The average Bonchev–Trinajstić information content (AvgIpc) is 0.999. The Labute approximate surface area is 520 Å². The summed E-state index contributed by atoms with van der Waals surface area (Å²) in [6.45, 7) is 10.1. The first-order chi connectivity index (χ1) is 39.7. The number of nitrogens with zero attached hydrogens (tertiary/aromatic N) is 1. The van der Waals surface area contributed by atoms with Crippen molar-refractivity contribution in [2.24, 2.45) is 46.3 Å². The molecule has 7 nitrogen and oxygen atoms in total. The number of carboxylic acids is 2. The number of rotatable bonds is 11. The van der Waals surface area contributed by atoms with Crippen LogP contribution in [0.3, 0.4) is 0 Å². The maximum Gasteiger partial charge on any atom is 0.416 e. The van der Waals surface area contributed by atoms with Crippen LogP contribution in [0.1, 0.15) is 96.1 Å². The highest BCUT2D eigenvalue weighted by Gasteiger charge is 2.57. The van der Waals surface area contributed by atoms with Crippen molar-refractivity contribution in [1.82, 2.24) is 4.90 Å². The molecule has 8 aliphatic carbocycles. The Morgan fingerprint density at radius 2 is 0.667 bits per heavy atom. The first kappa shape index (κ1) is 68.2. The van der Waals surface area contributed by atoms with Crippen molar-refractivity contribution in [2.75, 3.05) is 24.6 Å². The minimum atomic E-state index is -4.31. The Balaban J connectivity index is 0.000000174. The molecule has 4 atom stereocenters. The monoisotopic (exact) mass is 1370 g/mol. The van der Waals surface area contributed by atoms with Crippen LogP contribution in [0.15, 0.2) is 199 Å². The lowest BCUT2D eigenvalue weighted by atomic mass is 9.49. The zero-order valence-corrected chi connectivity index (χ0v) is 52.9. The fourth-order valence-electron chi connectivity index (χ4n) is 13.3. The number of Topliss-reactive ketones (excluding diaryl/α,β-unsaturated/α-hetero) is 2. The predicted octanol–water partition coefficient (Wildman–Crippen LogP) is 11.3. The molecule has 8 fully saturated rings. The summed E-state index contributed by atoms with van der Waals surface area (Å²) in [6.07, 6.45) is -1.13. The molecule has 0 amide bonds. The summed E-state index contributed by atoms with van der Waals surface area (Å²) in [5.41, 5.74) is -2.51. The molecule has 14 rings (SSSR count). The van der Waals surface area contributed by atoms with Crippen molar-refractivity contribution >= 4 is 67.9 Å². The van der Waals surface area contributed by atoms with Gasteiger partial charge in [-0.15, -0.1) is 0 Å². The minimum absolute atomic E-state index is 0. The van der Waals surface area contributed by atoms with Gasteiger partial charge in [-0.05, 0) is 198 Å². The molecule has 0 heterocycles. The van der Waals surface area contributed by atoms with Gasteiger partial charge < -0.3 is 41.7 Å². The lowest BCUT2D eigenvalue weighted by molar-refractivity contribution is -0.326. The highest BCUT2D eigenvalue weighted by molar-refractivity contribution is 14.1. The molecule has 0 radical (unpaired) electrons. The molecule has 84 heavy (non-hydrogen) atoms. The highest BCUT2D eigenvalue weighted by Crippen LogP contribution is 2.59. The summed E-state index contributed by atoms with van der Waals surface area (Å²) in [6, 6.07) is 50.3. The average molecular weight is 1370 g/mol. The van der Waals surface area contributed by atoms with E-state index in [4.69, 9.17) is 0 Å². The Morgan fingerprint density at radius 3 is 0.857 bits per heavy atom. The van der Waals surface area contributed by atoms with Crippen LogP contribution in [0.4, 0.5) is 26.3 Å². The van der Waals surface area contributed by atoms with E-state index in [1.165, 1.54) is 19.6 Å². The zero-order valence-electron chi connectivity index (χ0n) is 47.6.